The van der Waals surface area contributed by atoms with E-state index in [-0.39, 0.29) is 5.41 Å². The number of alkyl halides is 3. The Morgan fingerprint density at radius 3 is 2.59 bits per heavy atom. The van der Waals surface area contributed by atoms with E-state index in [4.69, 9.17) is 18.0 Å². The van der Waals surface area contributed by atoms with Crippen molar-refractivity contribution in [3.63, 3.8) is 0 Å². The van der Waals surface area contributed by atoms with Crippen molar-refractivity contribution >= 4 is 17.2 Å². The molecule has 0 atom stereocenters. The molecule has 1 fully saturated rings. The largest absolute Gasteiger partial charge is 0.435 e. The molecule has 0 bridgehead atoms. The summed E-state index contributed by atoms with van der Waals surface area (Å²) in [6.45, 7) is 0.445. The van der Waals surface area contributed by atoms with Crippen molar-refractivity contribution in [2.75, 3.05) is 0 Å². The van der Waals surface area contributed by atoms with E-state index in [0.29, 0.717) is 18.0 Å². The molecule has 0 spiro atoms. The zero-order chi connectivity index (χ0) is 12.7. The maximum absolute atomic E-state index is 12.3. The number of halogens is 3. The quantitative estimate of drug-likeness (QED) is 0.848. The van der Waals surface area contributed by atoms with Crippen LogP contribution in [0.3, 0.4) is 0 Å². The average Bonchev–Trinajstić information content (AvgIpc) is 2.73. The highest BCUT2D eigenvalue weighted by Crippen LogP contribution is 2.50. The lowest BCUT2D eigenvalue weighted by atomic mass is 10.0. The first kappa shape index (κ1) is 12.3. The van der Waals surface area contributed by atoms with Gasteiger partial charge in [-0.15, -0.1) is 0 Å². The van der Waals surface area contributed by atoms with Crippen LogP contribution in [-0.2, 0) is 12.7 Å². The molecule has 94 valence electrons. The van der Waals surface area contributed by atoms with Gasteiger partial charge in [0.15, 0.2) is 5.69 Å². The normalized spacial score (nSPS) is 18.1. The third kappa shape index (κ3) is 2.96. The minimum Gasteiger partial charge on any atom is -0.393 e. The van der Waals surface area contributed by atoms with Crippen molar-refractivity contribution in [2.24, 2.45) is 11.1 Å². The number of rotatable bonds is 4. The van der Waals surface area contributed by atoms with Gasteiger partial charge in [0.05, 0.1) is 4.99 Å². The van der Waals surface area contributed by atoms with Crippen LogP contribution in [0.15, 0.2) is 12.3 Å². The van der Waals surface area contributed by atoms with Crippen molar-refractivity contribution < 1.29 is 13.2 Å². The molecule has 1 aliphatic rings. The molecule has 0 amide bonds. The van der Waals surface area contributed by atoms with E-state index in [1.807, 2.05) is 0 Å². The molecule has 7 heteroatoms. The van der Waals surface area contributed by atoms with Crippen LogP contribution >= 0.6 is 12.2 Å². The van der Waals surface area contributed by atoms with Gasteiger partial charge in [-0.05, 0) is 24.3 Å². The number of thiocarbonyl (C=S) groups is 1. The van der Waals surface area contributed by atoms with Gasteiger partial charge in [-0.2, -0.15) is 18.3 Å². The van der Waals surface area contributed by atoms with E-state index in [0.717, 1.165) is 18.9 Å². The van der Waals surface area contributed by atoms with Crippen LogP contribution in [-0.4, -0.2) is 14.8 Å². The average molecular weight is 263 g/mol. The number of nitrogens with two attached hydrogens (primary N) is 1. The van der Waals surface area contributed by atoms with Crippen molar-refractivity contribution in [3.05, 3.63) is 18.0 Å². The standard InChI is InChI=1S/C10H12F3N3S/c11-10(12,13)7-1-4-16(15-7)6-9(2-3-9)5-8(14)17/h1,4H,2-3,5-6H2,(H2,14,17). The molecule has 1 aromatic rings. The van der Waals surface area contributed by atoms with E-state index in [9.17, 15) is 13.2 Å². The van der Waals surface area contributed by atoms with Crippen LogP contribution in [0.25, 0.3) is 0 Å². The lowest BCUT2D eigenvalue weighted by Gasteiger charge is -2.13. The van der Waals surface area contributed by atoms with Gasteiger partial charge in [0.1, 0.15) is 0 Å². The van der Waals surface area contributed by atoms with Gasteiger partial charge in [0, 0.05) is 19.2 Å². The second-order valence-electron chi connectivity index (χ2n) is 4.54. The zero-order valence-electron chi connectivity index (χ0n) is 9.00. The molecular weight excluding hydrogens is 251 g/mol. The topological polar surface area (TPSA) is 43.8 Å². The number of aromatic nitrogens is 2. The third-order valence-corrected chi connectivity index (χ3v) is 3.08. The second-order valence-corrected chi connectivity index (χ2v) is 5.06. The van der Waals surface area contributed by atoms with Gasteiger partial charge in [-0.3, -0.25) is 4.68 Å². The molecule has 0 aliphatic heterocycles. The number of nitrogens with zero attached hydrogens (tertiary/aromatic N) is 2. The Balaban J connectivity index is 2.05. The lowest BCUT2D eigenvalue weighted by Crippen LogP contribution is -2.20. The molecule has 2 rings (SSSR count). The summed E-state index contributed by atoms with van der Waals surface area (Å²) in [4.78, 5) is 0.408. The fourth-order valence-corrected chi connectivity index (χ4v) is 2.19. The minimum atomic E-state index is -4.38. The van der Waals surface area contributed by atoms with Crippen LogP contribution in [0.5, 0.6) is 0 Å². The number of hydrogen-bond donors (Lipinski definition) is 1. The van der Waals surface area contributed by atoms with Gasteiger partial charge >= 0.3 is 6.18 Å². The predicted octanol–water partition coefficient (Wildman–Crippen LogP) is 2.36. The van der Waals surface area contributed by atoms with Crippen molar-refractivity contribution in [2.45, 2.75) is 32.0 Å². The predicted molar refractivity (Wildman–Crippen MR) is 60.3 cm³/mol. The van der Waals surface area contributed by atoms with Crippen LogP contribution in [0.2, 0.25) is 0 Å². The summed E-state index contributed by atoms with van der Waals surface area (Å²) in [5.74, 6) is 0. The first-order chi connectivity index (χ1) is 7.81. The Kier molecular flexibility index (Phi) is 2.89. The third-order valence-electron chi connectivity index (χ3n) is 2.93. The highest BCUT2D eigenvalue weighted by molar-refractivity contribution is 7.80. The van der Waals surface area contributed by atoms with Gasteiger partial charge in [0.25, 0.3) is 0 Å². The fourth-order valence-electron chi connectivity index (χ4n) is 1.88. The minimum absolute atomic E-state index is 0.0687. The Hall–Kier alpha value is -1.11. The SMILES string of the molecule is NC(=S)CC1(Cn2ccc(C(F)(F)F)n2)CC1. The van der Waals surface area contributed by atoms with Gasteiger partial charge in [-0.1, -0.05) is 12.2 Å². The molecule has 17 heavy (non-hydrogen) atoms. The Morgan fingerprint density at radius 1 is 1.53 bits per heavy atom. The molecule has 0 saturated heterocycles. The first-order valence-electron chi connectivity index (χ1n) is 5.20. The summed E-state index contributed by atoms with van der Waals surface area (Å²) in [7, 11) is 0. The molecule has 2 N–H and O–H groups in total. The van der Waals surface area contributed by atoms with Crippen molar-refractivity contribution in [3.8, 4) is 0 Å². The summed E-state index contributed by atoms with van der Waals surface area (Å²) in [6.07, 6.45) is -0.589. The number of hydrogen-bond acceptors (Lipinski definition) is 2. The molecule has 0 unspecified atom stereocenters. The van der Waals surface area contributed by atoms with Crippen molar-refractivity contribution in [1.29, 1.82) is 0 Å². The van der Waals surface area contributed by atoms with Gasteiger partial charge in [-0.25, -0.2) is 0 Å². The van der Waals surface area contributed by atoms with E-state index in [2.05, 4.69) is 5.10 Å². The summed E-state index contributed by atoms with van der Waals surface area (Å²) < 4.78 is 38.4. The molecule has 1 saturated carbocycles. The fraction of sp³-hybridized carbons (Fsp3) is 0.600. The summed E-state index contributed by atoms with van der Waals surface area (Å²) in [5, 5.41) is 3.52. The maximum atomic E-state index is 12.3. The van der Waals surface area contributed by atoms with E-state index in [1.165, 1.54) is 10.9 Å². The summed E-state index contributed by atoms with van der Waals surface area (Å²) >= 11 is 4.83. The van der Waals surface area contributed by atoms with E-state index in [1.54, 1.807) is 0 Å². The molecule has 0 aromatic carbocycles. The molecule has 0 radical (unpaired) electrons. The lowest BCUT2D eigenvalue weighted by molar-refractivity contribution is -0.141. The summed E-state index contributed by atoms with van der Waals surface area (Å²) in [5.41, 5.74) is 4.54. The molecule has 1 aliphatic carbocycles. The van der Waals surface area contributed by atoms with Crippen LogP contribution < -0.4 is 5.73 Å². The molecule has 1 aromatic heterocycles. The Morgan fingerprint density at radius 2 is 2.18 bits per heavy atom. The Bertz CT molecular complexity index is 434. The smallest absolute Gasteiger partial charge is 0.393 e. The summed E-state index contributed by atoms with van der Waals surface area (Å²) in [6, 6.07) is 0.983. The van der Waals surface area contributed by atoms with Crippen LogP contribution in [0.4, 0.5) is 13.2 Å². The molecular formula is C10H12F3N3S. The Labute approximate surface area is 102 Å². The van der Waals surface area contributed by atoms with Crippen molar-refractivity contribution in [1.82, 2.24) is 9.78 Å². The highest BCUT2D eigenvalue weighted by atomic mass is 32.1. The monoisotopic (exact) mass is 263 g/mol. The molecule has 1 heterocycles. The van der Waals surface area contributed by atoms with Crippen LogP contribution in [0.1, 0.15) is 25.0 Å². The second kappa shape index (κ2) is 3.97. The first-order valence-corrected chi connectivity index (χ1v) is 5.61. The van der Waals surface area contributed by atoms with E-state index >= 15 is 0 Å². The molecule has 3 nitrogen and oxygen atoms in total. The maximum Gasteiger partial charge on any atom is 0.435 e. The highest BCUT2D eigenvalue weighted by Gasteiger charge is 2.44. The van der Waals surface area contributed by atoms with Crippen LogP contribution in [0, 0.1) is 5.41 Å². The van der Waals surface area contributed by atoms with E-state index < -0.39 is 11.9 Å². The van der Waals surface area contributed by atoms with Gasteiger partial charge < -0.3 is 5.73 Å². The van der Waals surface area contributed by atoms with Gasteiger partial charge in [0.2, 0.25) is 0 Å². The zero-order valence-corrected chi connectivity index (χ0v) is 9.81.